The molecule has 1 fully saturated rings. The summed E-state index contributed by atoms with van der Waals surface area (Å²) in [6.45, 7) is 1.82. The summed E-state index contributed by atoms with van der Waals surface area (Å²) in [7, 11) is 0. The molecule has 0 heterocycles. The molecule has 1 aliphatic carbocycles. The van der Waals surface area contributed by atoms with Crippen LogP contribution in [0.4, 0.5) is 0 Å². The van der Waals surface area contributed by atoms with Crippen molar-refractivity contribution in [2.45, 2.75) is 56.4 Å². The van der Waals surface area contributed by atoms with Gasteiger partial charge in [0.2, 0.25) is 0 Å². The predicted octanol–water partition coefficient (Wildman–Crippen LogP) is 3.69. The minimum absolute atomic E-state index is 0.429. The number of nitrogens with one attached hydrogen (secondary N) is 1. The Morgan fingerprint density at radius 1 is 1.33 bits per heavy atom. The van der Waals surface area contributed by atoms with E-state index in [-0.39, 0.29) is 0 Å². The standard InChI is InChI=1S/C17H25NO2S/c1-17(16(19)20,18-15-9-10-15)11-5-6-12-21-13-14-7-3-2-4-8-14/h2-4,7-8,15,18H,5-6,9-13H2,1H3,(H,19,20). The van der Waals surface area contributed by atoms with Crippen LogP contribution < -0.4 is 5.32 Å². The Kier molecular flexibility index (Phi) is 6.12. The summed E-state index contributed by atoms with van der Waals surface area (Å²) in [4.78, 5) is 11.4. The summed E-state index contributed by atoms with van der Waals surface area (Å²) in [5, 5.41) is 12.7. The first-order valence-electron chi connectivity index (χ1n) is 7.73. The Morgan fingerprint density at radius 3 is 2.67 bits per heavy atom. The average Bonchev–Trinajstić information content (AvgIpc) is 3.27. The van der Waals surface area contributed by atoms with Crippen LogP contribution in [-0.2, 0) is 10.5 Å². The minimum atomic E-state index is -0.745. The minimum Gasteiger partial charge on any atom is -0.480 e. The maximum atomic E-state index is 11.4. The molecule has 1 atom stereocenters. The molecule has 1 aromatic carbocycles. The Morgan fingerprint density at radius 2 is 2.05 bits per heavy atom. The molecule has 1 aliphatic rings. The van der Waals surface area contributed by atoms with Crippen molar-refractivity contribution in [1.29, 1.82) is 0 Å². The molecule has 4 heteroatoms. The van der Waals surface area contributed by atoms with Gasteiger partial charge >= 0.3 is 5.97 Å². The lowest BCUT2D eigenvalue weighted by atomic mass is 9.95. The topological polar surface area (TPSA) is 49.3 Å². The van der Waals surface area contributed by atoms with Gasteiger partial charge in [-0.3, -0.25) is 10.1 Å². The van der Waals surface area contributed by atoms with Crippen LogP contribution in [0.1, 0.15) is 44.6 Å². The quantitative estimate of drug-likeness (QED) is 0.647. The fraction of sp³-hybridized carbons (Fsp3) is 0.588. The van der Waals surface area contributed by atoms with Crippen molar-refractivity contribution in [3.05, 3.63) is 35.9 Å². The molecule has 0 spiro atoms. The summed E-state index contributed by atoms with van der Waals surface area (Å²) in [6, 6.07) is 10.9. The van der Waals surface area contributed by atoms with Crippen LogP contribution in [-0.4, -0.2) is 28.4 Å². The summed E-state index contributed by atoms with van der Waals surface area (Å²) in [5.41, 5.74) is 0.610. The molecule has 2 N–H and O–H groups in total. The van der Waals surface area contributed by atoms with Gasteiger partial charge in [-0.1, -0.05) is 36.8 Å². The Hall–Kier alpha value is -1.00. The van der Waals surface area contributed by atoms with Gasteiger partial charge in [0.1, 0.15) is 5.54 Å². The van der Waals surface area contributed by atoms with Crippen LogP contribution in [0.3, 0.4) is 0 Å². The SMILES string of the molecule is CC(CCCCSCc1ccccc1)(NC1CC1)C(=O)O. The molecule has 1 unspecified atom stereocenters. The second-order valence-corrected chi connectivity index (χ2v) is 7.16. The highest BCUT2D eigenvalue weighted by Gasteiger charge is 2.37. The van der Waals surface area contributed by atoms with E-state index in [4.69, 9.17) is 0 Å². The lowest BCUT2D eigenvalue weighted by Gasteiger charge is -2.26. The van der Waals surface area contributed by atoms with Gasteiger partial charge < -0.3 is 5.11 Å². The highest BCUT2D eigenvalue weighted by molar-refractivity contribution is 7.98. The second kappa shape index (κ2) is 7.85. The van der Waals surface area contributed by atoms with Gasteiger partial charge in [0.05, 0.1) is 0 Å². The number of rotatable bonds is 10. The third-order valence-corrected chi connectivity index (χ3v) is 5.01. The molecular formula is C17H25NO2S. The highest BCUT2D eigenvalue weighted by atomic mass is 32.2. The zero-order chi connectivity index (χ0) is 15.1. The Labute approximate surface area is 131 Å². The van der Waals surface area contributed by atoms with Crippen molar-refractivity contribution in [2.24, 2.45) is 0 Å². The zero-order valence-electron chi connectivity index (χ0n) is 12.7. The summed E-state index contributed by atoms with van der Waals surface area (Å²) in [5.74, 6) is 1.41. The number of carbonyl (C=O) groups is 1. The number of thioether (sulfide) groups is 1. The highest BCUT2D eigenvalue weighted by Crippen LogP contribution is 2.25. The van der Waals surface area contributed by atoms with Crippen LogP contribution in [0.15, 0.2) is 30.3 Å². The summed E-state index contributed by atoms with van der Waals surface area (Å²) in [6.07, 6.45) is 4.99. The van der Waals surface area contributed by atoms with E-state index in [0.29, 0.717) is 12.5 Å². The van der Waals surface area contributed by atoms with Gasteiger partial charge in [-0.15, -0.1) is 0 Å². The van der Waals surface area contributed by atoms with Gasteiger partial charge in [0.15, 0.2) is 0 Å². The van der Waals surface area contributed by atoms with E-state index in [1.807, 2.05) is 24.8 Å². The maximum absolute atomic E-state index is 11.4. The van der Waals surface area contributed by atoms with E-state index < -0.39 is 11.5 Å². The first-order valence-corrected chi connectivity index (χ1v) is 8.88. The van der Waals surface area contributed by atoms with Gasteiger partial charge in [0, 0.05) is 11.8 Å². The van der Waals surface area contributed by atoms with E-state index in [1.54, 1.807) is 0 Å². The molecular weight excluding hydrogens is 282 g/mol. The summed E-state index contributed by atoms with van der Waals surface area (Å²) >= 11 is 1.92. The molecule has 116 valence electrons. The number of aliphatic carboxylic acids is 1. The van der Waals surface area contributed by atoms with Crippen molar-refractivity contribution in [3.8, 4) is 0 Å². The van der Waals surface area contributed by atoms with E-state index in [9.17, 15) is 9.90 Å². The number of carboxylic acids is 1. The van der Waals surface area contributed by atoms with Crippen LogP contribution in [0.5, 0.6) is 0 Å². The average molecular weight is 307 g/mol. The van der Waals surface area contributed by atoms with Gasteiger partial charge in [-0.25, -0.2) is 0 Å². The lowest BCUT2D eigenvalue weighted by molar-refractivity contribution is -0.144. The van der Waals surface area contributed by atoms with Crippen LogP contribution in [0.2, 0.25) is 0 Å². The molecule has 0 amide bonds. The maximum Gasteiger partial charge on any atom is 0.323 e. The number of hydrogen-bond acceptors (Lipinski definition) is 3. The molecule has 1 aromatic rings. The number of hydrogen-bond donors (Lipinski definition) is 2. The van der Waals surface area contributed by atoms with Crippen molar-refractivity contribution in [1.82, 2.24) is 5.32 Å². The van der Waals surface area contributed by atoms with Crippen molar-refractivity contribution in [3.63, 3.8) is 0 Å². The van der Waals surface area contributed by atoms with Gasteiger partial charge in [0.25, 0.3) is 0 Å². The molecule has 3 nitrogen and oxygen atoms in total. The Balaban J connectivity index is 1.60. The monoisotopic (exact) mass is 307 g/mol. The van der Waals surface area contributed by atoms with Crippen LogP contribution >= 0.6 is 11.8 Å². The molecule has 0 aliphatic heterocycles. The number of carboxylic acid groups (broad SMARTS) is 1. The third-order valence-electron chi connectivity index (χ3n) is 3.90. The second-order valence-electron chi connectivity index (χ2n) is 6.05. The van der Waals surface area contributed by atoms with Crippen LogP contribution in [0, 0.1) is 0 Å². The third kappa shape index (κ3) is 5.71. The molecule has 0 aromatic heterocycles. The molecule has 0 bridgehead atoms. The zero-order valence-corrected chi connectivity index (χ0v) is 13.5. The van der Waals surface area contributed by atoms with Gasteiger partial charge in [-0.2, -0.15) is 11.8 Å². The fourth-order valence-electron chi connectivity index (χ4n) is 2.37. The van der Waals surface area contributed by atoms with E-state index >= 15 is 0 Å². The van der Waals surface area contributed by atoms with E-state index in [1.165, 1.54) is 5.56 Å². The summed E-state index contributed by atoms with van der Waals surface area (Å²) < 4.78 is 0. The van der Waals surface area contributed by atoms with E-state index in [2.05, 4.69) is 29.6 Å². The van der Waals surface area contributed by atoms with Crippen LogP contribution in [0.25, 0.3) is 0 Å². The first kappa shape index (κ1) is 16.4. The fourth-order valence-corrected chi connectivity index (χ4v) is 3.35. The Bertz CT molecular complexity index is 447. The molecule has 21 heavy (non-hydrogen) atoms. The van der Waals surface area contributed by atoms with Crippen molar-refractivity contribution < 1.29 is 9.90 Å². The largest absolute Gasteiger partial charge is 0.480 e. The van der Waals surface area contributed by atoms with Crippen molar-refractivity contribution >= 4 is 17.7 Å². The van der Waals surface area contributed by atoms with Crippen molar-refractivity contribution in [2.75, 3.05) is 5.75 Å². The van der Waals surface area contributed by atoms with Gasteiger partial charge in [-0.05, 0) is 43.9 Å². The number of benzene rings is 1. The molecule has 1 saturated carbocycles. The molecule has 0 saturated heterocycles. The first-order chi connectivity index (χ1) is 10.1. The predicted molar refractivity (Wildman–Crippen MR) is 88.7 cm³/mol. The lowest BCUT2D eigenvalue weighted by Crippen LogP contribution is -2.50. The smallest absolute Gasteiger partial charge is 0.323 e. The van der Waals surface area contributed by atoms with E-state index in [0.717, 1.165) is 37.2 Å². The number of unbranched alkanes of at least 4 members (excludes halogenated alkanes) is 1. The molecule has 2 rings (SSSR count). The molecule has 0 radical (unpaired) electrons. The normalized spacial score (nSPS) is 17.4.